The van der Waals surface area contributed by atoms with Crippen molar-refractivity contribution in [2.75, 3.05) is 25.1 Å². The number of pyridine rings is 1. The third-order valence-corrected chi connectivity index (χ3v) is 3.25. The SMILES string of the molecule is Cc1cc(NCCc2ccc3c(c2)OCCO3)ccn1. The molecule has 0 bridgehead atoms. The van der Waals surface area contributed by atoms with E-state index in [1.54, 1.807) is 0 Å². The summed E-state index contributed by atoms with van der Waals surface area (Å²) in [5, 5.41) is 3.40. The minimum atomic E-state index is 0.630. The van der Waals surface area contributed by atoms with Crippen LogP contribution in [0.25, 0.3) is 0 Å². The van der Waals surface area contributed by atoms with Crippen molar-refractivity contribution in [2.45, 2.75) is 13.3 Å². The Morgan fingerprint density at radius 1 is 1.10 bits per heavy atom. The van der Waals surface area contributed by atoms with Crippen LogP contribution in [0.4, 0.5) is 5.69 Å². The number of hydrogen-bond donors (Lipinski definition) is 1. The normalized spacial score (nSPS) is 13.1. The van der Waals surface area contributed by atoms with E-state index in [1.807, 2.05) is 31.3 Å². The molecule has 1 aromatic carbocycles. The molecule has 2 heterocycles. The number of hydrogen-bond acceptors (Lipinski definition) is 4. The Kier molecular flexibility index (Phi) is 3.72. The first-order valence-electron chi connectivity index (χ1n) is 6.86. The van der Waals surface area contributed by atoms with Crippen molar-refractivity contribution in [3.05, 3.63) is 47.8 Å². The largest absolute Gasteiger partial charge is 0.486 e. The Morgan fingerprint density at radius 3 is 2.80 bits per heavy atom. The molecule has 0 radical (unpaired) electrons. The molecule has 4 nitrogen and oxygen atoms in total. The van der Waals surface area contributed by atoms with Gasteiger partial charge in [-0.1, -0.05) is 6.07 Å². The Balaban J connectivity index is 1.58. The van der Waals surface area contributed by atoms with Gasteiger partial charge in [-0.2, -0.15) is 0 Å². The van der Waals surface area contributed by atoms with Gasteiger partial charge < -0.3 is 14.8 Å². The van der Waals surface area contributed by atoms with Crippen LogP contribution >= 0.6 is 0 Å². The average Bonchev–Trinajstić information content (AvgIpc) is 2.47. The predicted octanol–water partition coefficient (Wildman–Crippen LogP) is 2.82. The molecule has 1 aliphatic rings. The van der Waals surface area contributed by atoms with Crippen molar-refractivity contribution < 1.29 is 9.47 Å². The summed E-state index contributed by atoms with van der Waals surface area (Å²) in [5.41, 5.74) is 3.37. The quantitative estimate of drug-likeness (QED) is 0.927. The Bertz CT molecular complexity index is 599. The standard InChI is InChI=1S/C16H18N2O2/c1-12-10-14(5-7-17-12)18-6-4-13-2-3-15-16(11-13)20-9-8-19-15/h2-3,5,7,10-11H,4,6,8-9H2,1H3,(H,17,18). The summed E-state index contributed by atoms with van der Waals surface area (Å²) in [6.45, 7) is 4.13. The maximum absolute atomic E-state index is 5.59. The fourth-order valence-electron chi connectivity index (χ4n) is 2.25. The number of fused-ring (bicyclic) bond motifs is 1. The van der Waals surface area contributed by atoms with Crippen LogP contribution in [-0.4, -0.2) is 24.7 Å². The maximum atomic E-state index is 5.59. The van der Waals surface area contributed by atoms with E-state index in [4.69, 9.17) is 9.47 Å². The highest BCUT2D eigenvalue weighted by Crippen LogP contribution is 2.30. The zero-order valence-electron chi connectivity index (χ0n) is 11.6. The predicted molar refractivity (Wildman–Crippen MR) is 78.6 cm³/mol. The molecule has 104 valence electrons. The van der Waals surface area contributed by atoms with E-state index in [2.05, 4.69) is 22.4 Å². The van der Waals surface area contributed by atoms with Crippen molar-refractivity contribution in [1.82, 2.24) is 4.98 Å². The molecule has 0 fully saturated rings. The highest BCUT2D eigenvalue weighted by molar-refractivity contribution is 5.45. The second-order valence-electron chi connectivity index (χ2n) is 4.84. The monoisotopic (exact) mass is 270 g/mol. The van der Waals surface area contributed by atoms with E-state index in [0.717, 1.165) is 35.8 Å². The van der Waals surface area contributed by atoms with Crippen molar-refractivity contribution in [3.8, 4) is 11.5 Å². The van der Waals surface area contributed by atoms with Crippen LogP contribution in [0.2, 0.25) is 0 Å². The molecule has 0 atom stereocenters. The van der Waals surface area contributed by atoms with Gasteiger partial charge in [0, 0.05) is 24.1 Å². The van der Waals surface area contributed by atoms with Crippen LogP contribution in [0, 0.1) is 6.92 Å². The lowest BCUT2D eigenvalue weighted by Gasteiger charge is -2.19. The lowest BCUT2D eigenvalue weighted by atomic mass is 10.1. The molecule has 0 unspecified atom stereocenters. The zero-order chi connectivity index (χ0) is 13.8. The van der Waals surface area contributed by atoms with E-state index < -0.39 is 0 Å². The molecule has 20 heavy (non-hydrogen) atoms. The van der Waals surface area contributed by atoms with Crippen molar-refractivity contribution in [3.63, 3.8) is 0 Å². The number of rotatable bonds is 4. The molecule has 3 rings (SSSR count). The van der Waals surface area contributed by atoms with Gasteiger partial charge in [0.15, 0.2) is 11.5 Å². The summed E-state index contributed by atoms with van der Waals surface area (Å²) in [4.78, 5) is 4.18. The summed E-state index contributed by atoms with van der Waals surface area (Å²) in [5.74, 6) is 1.70. The molecule has 4 heteroatoms. The Hall–Kier alpha value is -2.23. The van der Waals surface area contributed by atoms with Gasteiger partial charge in [0.1, 0.15) is 13.2 Å². The van der Waals surface area contributed by atoms with Crippen LogP contribution in [0.15, 0.2) is 36.5 Å². The third-order valence-electron chi connectivity index (χ3n) is 3.25. The Morgan fingerprint density at radius 2 is 1.95 bits per heavy atom. The van der Waals surface area contributed by atoms with Gasteiger partial charge >= 0.3 is 0 Å². The van der Waals surface area contributed by atoms with Crippen LogP contribution in [-0.2, 0) is 6.42 Å². The van der Waals surface area contributed by atoms with E-state index in [9.17, 15) is 0 Å². The van der Waals surface area contributed by atoms with Crippen LogP contribution in [0.1, 0.15) is 11.3 Å². The van der Waals surface area contributed by atoms with Crippen LogP contribution < -0.4 is 14.8 Å². The van der Waals surface area contributed by atoms with Crippen LogP contribution in [0.3, 0.4) is 0 Å². The van der Waals surface area contributed by atoms with Crippen molar-refractivity contribution in [1.29, 1.82) is 0 Å². The van der Waals surface area contributed by atoms with Gasteiger partial charge in [-0.05, 0) is 43.2 Å². The summed E-state index contributed by atoms with van der Waals surface area (Å²) in [6.07, 6.45) is 2.76. The molecule has 0 spiro atoms. The molecular weight excluding hydrogens is 252 g/mol. The van der Waals surface area contributed by atoms with Crippen molar-refractivity contribution in [2.24, 2.45) is 0 Å². The van der Waals surface area contributed by atoms with Gasteiger partial charge in [-0.25, -0.2) is 0 Å². The highest BCUT2D eigenvalue weighted by Gasteiger charge is 2.11. The lowest BCUT2D eigenvalue weighted by Crippen LogP contribution is -2.15. The number of aromatic nitrogens is 1. The fraction of sp³-hybridized carbons (Fsp3) is 0.312. The minimum Gasteiger partial charge on any atom is -0.486 e. The zero-order valence-corrected chi connectivity index (χ0v) is 11.6. The Labute approximate surface area is 118 Å². The number of ether oxygens (including phenoxy) is 2. The maximum Gasteiger partial charge on any atom is 0.161 e. The highest BCUT2D eigenvalue weighted by atomic mass is 16.6. The molecule has 1 aliphatic heterocycles. The molecule has 1 aromatic heterocycles. The number of nitrogens with one attached hydrogen (secondary N) is 1. The van der Waals surface area contributed by atoms with Crippen LogP contribution in [0.5, 0.6) is 11.5 Å². The molecular formula is C16H18N2O2. The van der Waals surface area contributed by atoms with Gasteiger partial charge in [0.2, 0.25) is 0 Å². The molecule has 0 saturated carbocycles. The summed E-state index contributed by atoms with van der Waals surface area (Å²) in [6, 6.07) is 10.2. The number of nitrogens with zero attached hydrogens (tertiary/aromatic N) is 1. The van der Waals surface area contributed by atoms with E-state index in [-0.39, 0.29) is 0 Å². The van der Waals surface area contributed by atoms with E-state index in [0.29, 0.717) is 13.2 Å². The summed E-state index contributed by atoms with van der Waals surface area (Å²) < 4.78 is 11.1. The second kappa shape index (κ2) is 5.82. The average molecular weight is 270 g/mol. The number of aryl methyl sites for hydroxylation is 1. The fourth-order valence-corrected chi connectivity index (χ4v) is 2.25. The lowest BCUT2D eigenvalue weighted by molar-refractivity contribution is 0.171. The van der Waals surface area contributed by atoms with Gasteiger partial charge in [0.05, 0.1) is 0 Å². The summed E-state index contributed by atoms with van der Waals surface area (Å²) in [7, 11) is 0. The molecule has 0 amide bonds. The first-order chi connectivity index (χ1) is 9.81. The summed E-state index contributed by atoms with van der Waals surface area (Å²) >= 11 is 0. The van der Waals surface area contributed by atoms with Gasteiger partial charge in [-0.3, -0.25) is 4.98 Å². The molecule has 0 aliphatic carbocycles. The minimum absolute atomic E-state index is 0.630. The van der Waals surface area contributed by atoms with Crippen molar-refractivity contribution >= 4 is 5.69 Å². The third kappa shape index (κ3) is 3.02. The van der Waals surface area contributed by atoms with E-state index in [1.165, 1.54) is 5.56 Å². The first kappa shape index (κ1) is 12.8. The number of benzene rings is 1. The van der Waals surface area contributed by atoms with Gasteiger partial charge in [-0.15, -0.1) is 0 Å². The topological polar surface area (TPSA) is 43.4 Å². The molecule has 2 aromatic rings. The number of anilines is 1. The van der Waals surface area contributed by atoms with Gasteiger partial charge in [0.25, 0.3) is 0 Å². The van der Waals surface area contributed by atoms with E-state index >= 15 is 0 Å². The second-order valence-corrected chi connectivity index (χ2v) is 4.84. The smallest absolute Gasteiger partial charge is 0.161 e. The molecule has 1 N–H and O–H groups in total. The molecule has 0 saturated heterocycles. The first-order valence-corrected chi connectivity index (χ1v) is 6.86.